The van der Waals surface area contributed by atoms with E-state index in [2.05, 4.69) is 5.32 Å². The normalized spacial score (nSPS) is 23.4. The summed E-state index contributed by atoms with van der Waals surface area (Å²) in [5.41, 5.74) is 0. The molecular weight excluding hydrogens is 266 g/mol. The van der Waals surface area contributed by atoms with Crippen LogP contribution in [0, 0.1) is 0 Å². The highest BCUT2D eigenvalue weighted by molar-refractivity contribution is 8.00. The lowest BCUT2D eigenvalue weighted by Gasteiger charge is -2.27. The molecule has 0 bridgehead atoms. The SMILES string of the molecule is CCCC1SCC(C(=O)O)N1C(=O)NCC(F)F. The van der Waals surface area contributed by atoms with Crippen LogP contribution in [0.3, 0.4) is 0 Å². The van der Waals surface area contributed by atoms with Gasteiger partial charge in [0.1, 0.15) is 6.04 Å². The Labute approximate surface area is 108 Å². The first-order valence-electron chi connectivity index (χ1n) is 5.66. The zero-order valence-electron chi connectivity index (χ0n) is 9.94. The first-order chi connectivity index (χ1) is 8.47. The van der Waals surface area contributed by atoms with Crippen LogP contribution in [-0.2, 0) is 4.79 Å². The van der Waals surface area contributed by atoms with Crippen LogP contribution >= 0.6 is 11.8 Å². The van der Waals surface area contributed by atoms with E-state index >= 15 is 0 Å². The van der Waals surface area contributed by atoms with Crippen molar-refractivity contribution in [1.82, 2.24) is 10.2 Å². The molecule has 0 radical (unpaired) electrons. The molecule has 2 amide bonds. The Morgan fingerprint density at radius 3 is 2.72 bits per heavy atom. The molecule has 104 valence electrons. The van der Waals surface area contributed by atoms with Gasteiger partial charge in [-0.1, -0.05) is 13.3 Å². The van der Waals surface area contributed by atoms with Crippen molar-refractivity contribution in [2.24, 2.45) is 0 Å². The van der Waals surface area contributed by atoms with Crippen molar-refractivity contribution in [3.63, 3.8) is 0 Å². The quantitative estimate of drug-likeness (QED) is 0.803. The predicted molar refractivity (Wildman–Crippen MR) is 63.8 cm³/mol. The molecule has 1 aliphatic heterocycles. The highest BCUT2D eigenvalue weighted by atomic mass is 32.2. The molecule has 1 saturated heterocycles. The van der Waals surface area contributed by atoms with Crippen molar-refractivity contribution in [1.29, 1.82) is 0 Å². The second-order valence-corrected chi connectivity index (χ2v) is 5.13. The van der Waals surface area contributed by atoms with Gasteiger partial charge in [0.25, 0.3) is 6.43 Å². The molecule has 8 heteroatoms. The molecule has 0 saturated carbocycles. The number of carboxylic acid groups (broad SMARTS) is 1. The van der Waals surface area contributed by atoms with E-state index in [9.17, 15) is 18.4 Å². The van der Waals surface area contributed by atoms with Crippen LogP contribution in [0.5, 0.6) is 0 Å². The van der Waals surface area contributed by atoms with Gasteiger partial charge in [-0.05, 0) is 6.42 Å². The topological polar surface area (TPSA) is 69.6 Å². The summed E-state index contributed by atoms with van der Waals surface area (Å²) in [5.74, 6) is -0.810. The second kappa shape index (κ2) is 6.77. The molecular formula is C10H16F2N2O3S. The van der Waals surface area contributed by atoms with Crippen LogP contribution in [-0.4, -0.2) is 52.1 Å². The lowest BCUT2D eigenvalue weighted by Crippen LogP contribution is -2.50. The Balaban J connectivity index is 2.69. The predicted octanol–water partition coefficient (Wildman–Crippen LogP) is 1.59. The van der Waals surface area contributed by atoms with Crippen molar-refractivity contribution in [2.75, 3.05) is 12.3 Å². The van der Waals surface area contributed by atoms with Crippen molar-refractivity contribution < 1.29 is 23.5 Å². The van der Waals surface area contributed by atoms with E-state index in [1.165, 1.54) is 16.7 Å². The Hall–Kier alpha value is -1.05. The molecule has 2 atom stereocenters. The van der Waals surface area contributed by atoms with E-state index in [1.807, 2.05) is 6.92 Å². The van der Waals surface area contributed by atoms with Gasteiger partial charge in [0.2, 0.25) is 0 Å². The minimum Gasteiger partial charge on any atom is -0.480 e. The van der Waals surface area contributed by atoms with Gasteiger partial charge in [-0.2, -0.15) is 0 Å². The molecule has 0 aromatic rings. The van der Waals surface area contributed by atoms with Gasteiger partial charge in [-0.25, -0.2) is 18.4 Å². The number of thioether (sulfide) groups is 1. The lowest BCUT2D eigenvalue weighted by molar-refractivity contribution is -0.141. The summed E-state index contributed by atoms with van der Waals surface area (Å²) in [7, 11) is 0. The van der Waals surface area contributed by atoms with Crippen LogP contribution in [0.2, 0.25) is 0 Å². The van der Waals surface area contributed by atoms with Crippen LogP contribution in [0.1, 0.15) is 19.8 Å². The lowest BCUT2D eigenvalue weighted by atomic mass is 10.2. The Kier molecular flexibility index (Phi) is 5.64. The molecule has 0 spiro atoms. The molecule has 1 heterocycles. The van der Waals surface area contributed by atoms with Crippen molar-refractivity contribution in [2.45, 2.75) is 37.6 Å². The van der Waals surface area contributed by atoms with E-state index in [0.717, 1.165) is 6.42 Å². The summed E-state index contributed by atoms with van der Waals surface area (Å²) in [6.07, 6.45) is -1.20. The number of carboxylic acids is 1. The number of rotatable bonds is 5. The third-order valence-corrected chi connectivity index (χ3v) is 3.91. The number of hydrogen-bond acceptors (Lipinski definition) is 3. The van der Waals surface area contributed by atoms with Crippen LogP contribution in [0.4, 0.5) is 13.6 Å². The Morgan fingerprint density at radius 1 is 1.56 bits per heavy atom. The van der Waals surface area contributed by atoms with Gasteiger partial charge in [-0.15, -0.1) is 11.8 Å². The number of urea groups is 1. The van der Waals surface area contributed by atoms with Crippen LogP contribution < -0.4 is 5.32 Å². The summed E-state index contributed by atoms with van der Waals surface area (Å²) in [4.78, 5) is 23.9. The summed E-state index contributed by atoms with van der Waals surface area (Å²) in [6.45, 7) is 1.16. The number of carbonyl (C=O) groups excluding carboxylic acids is 1. The number of halogens is 2. The van der Waals surface area contributed by atoms with Crippen molar-refractivity contribution in [3.05, 3.63) is 0 Å². The summed E-state index contributed by atoms with van der Waals surface area (Å²) >= 11 is 1.37. The molecule has 1 fully saturated rings. The molecule has 1 rings (SSSR count). The average molecular weight is 282 g/mol. The smallest absolute Gasteiger partial charge is 0.327 e. The Morgan fingerprint density at radius 2 is 2.22 bits per heavy atom. The van der Waals surface area contributed by atoms with Crippen LogP contribution in [0.25, 0.3) is 0 Å². The van der Waals surface area contributed by atoms with E-state index in [1.54, 1.807) is 0 Å². The molecule has 5 nitrogen and oxygen atoms in total. The second-order valence-electron chi connectivity index (χ2n) is 3.92. The largest absolute Gasteiger partial charge is 0.480 e. The monoisotopic (exact) mass is 282 g/mol. The minimum atomic E-state index is -2.64. The van der Waals surface area contributed by atoms with Gasteiger partial charge in [-0.3, -0.25) is 4.90 Å². The number of nitrogens with one attached hydrogen (secondary N) is 1. The maximum absolute atomic E-state index is 12.0. The number of nitrogens with zero attached hydrogens (tertiary/aromatic N) is 1. The fraction of sp³-hybridized carbons (Fsp3) is 0.800. The fourth-order valence-electron chi connectivity index (χ4n) is 1.75. The van der Waals surface area contributed by atoms with Gasteiger partial charge >= 0.3 is 12.0 Å². The Bertz CT molecular complexity index is 317. The third-order valence-electron chi connectivity index (χ3n) is 2.56. The van der Waals surface area contributed by atoms with Gasteiger partial charge in [0, 0.05) is 5.75 Å². The summed E-state index contributed by atoms with van der Waals surface area (Å²) < 4.78 is 24.1. The van der Waals surface area contributed by atoms with E-state index in [-0.39, 0.29) is 5.37 Å². The van der Waals surface area contributed by atoms with E-state index in [0.29, 0.717) is 12.2 Å². The molecule has 1 aliphatic rings. The fourth-order valence-corrected chi connectivity index (χ4v) is 3.26. The maximum Gasteiger partial charge on any atom is 0.327 e. The molecule has 2 unspecified atom stereocenters. The molecule has 2 N–H and O–H groups in total. The number of carbonyl (C=O) groups is 2. The van der Waals surface area contributed by atoms with Gasteiger partial charge < -0.3 is 10.4 Å². The van der Waals surface area contributed by atoms with Crippen molar-refractivity contribution >= 4 is 23.8 Å². The van der Waals surface area contributed by atoms with Gasteiger partial charge in [0.05, 0.1) is 11.9 Å². The molecule has 18 heavy (non-hydrogen) atoms. The van der Waals surface area contributed by atoms with Crippen LogP contribution in [0.15, 0.2) is 0 Å². The number of alkyl halides is 2. The molecule has 0 aromatic carbocycles. The minimum absolute atomic E-state index is 0.256. The third kappa shape index (κ3) is 3.72. The zero-order chi connectivity index (χ0) is 13.7. The van der Waals surface area contributed by atoms with Gasteiger partial charge in [0.15, 0.2) is 0 Å². The first kappa shape index (κ1) is 15.0. The number of hydrogen-bond donors (Lipinski definition) is 2. The van der Waals surface area contributed by atoms with E-state index < -0.39 is 31.0 Å². The molecule has 0 aromatic heterocycles. The van der Waals surface area contributed by atoms with E-state index in [4.69, 9.17) is 5.11 Å². The molecule has 0 aliphatic carbocycles. The maximum atomic E-state index is 12.0. The standard InChI is InChI=1S/C10H16F2N2O3S/c1-2-3-8-14(6(5-18-8)9(15)16)10(17)13-4-7(11)12/h6-8H,2-5H2,1H3,(H,13,17)(H,15,16). The van der Waals surface area contributed by atoms with Crippen molar-refractivity contribution in [3.8, 4) is 0 Å². The number of amides is 2. The summed E-state index contributed by atoms with van der Waals surface area (Å²) in [6, 6.07) is -1.67. The average Bonchev–Trinajstić information content (AvgIpc) is 2.70. The summed E-state index contributed by atoms with van der Waals surface area (Å²) in [5, 5.41) is 10.8. The highest BCUT2D eigenvalue weighted by Gasteiger charge is 2.41. The first-order valence-corrected chi connectivity index (χ1v) is 6.71. The highest BCUT2D eigenvalue weighted by Crippen LogP contribution is 2.32. The zero-order valence-corrected chi connectivity index (χ0v) is 10.8. The number of aliphatic carboxylic acids is 1.